The van der Waals surface area contributed by atoms with Crippen LogP contribution in [0.2, 0.25) is 0 Å². The van der Waals surface area contributed by atoms with Gasteiger partial charge < -0.3 is 14.9 Å². The molecule has 0 aromatic rings. The summed E-state index contributed by atoms with van der Waals surface area (Å²) in [6, 6.07) is 0. The minimum absolute atomic E-state index is 0.0822. The quantitative estimate of drug-likeness (QED) is 0.132. The zero-order chi connectivity index (χ0) is 25.6. The van der Waals surface area contributed by atoms with E-state index in [4.69, 9.17) is 4.74 Å². The first-order valence-corrected chi connectivity index (χ1v) is 13.3. The van der Waals surface area contributed by atoms with Gasteiger partial charge in [-0.1, -0.05) is 35.8 Å². The summed E-state index contributed by atoms with van der Waals surface area (Å²) in [7, 11) is 0. The van der Waals surface area contributed by atoms with Crippen molar-refractivity contribution in [2.45, 2.75) is 130 Å². The first-order valence-electron chi connectivity index (χ1n) is 13.3. The Morgan fingerprint density at radius 2 is 1.65 bits per heavy atom. The van der Waals surface area contributed by atoms with Gasteiger partial charge in [0.05, 0.1) is 17.3 Å². The van der Waals surface area contributed by atoms with E-state index in [1.54, 1.807) is 0 Å². The smallest absolute Gasteiger partial charge is 0.145 e. The van der Waals surface area contributed by atoms with Crippen molar-refractivity contribution in [2.24, 2.45) is 11.3 Å². The molecule has 2 fully saturated rings. The van der Waals surface area contributed by atoms with Crippen LogP contribution in [0.25, 0.3) is 0 Å². The summed E-state index contributed by atoms with van der Waals surface area (Å²) in [4.78, 5) is 11.6. The Hall–Kier alpha value is -1.23. The maximum absolute atomic E-state index is 11.6. The molecule has 1 heterocycles. The van der Waals surface area contributed by atoms with E-state index in [0.717, 1.165) is 63.2 Å². The van der Waals surface area contributed by atoms with Crippen LogP contribution in [-0.2, 0) is 9.53 Å². The summed E-state index contributed by atoms with van der Waals surface area (Å²) >= 11 is 0. The van der Waals surface area contributed by atoms with Crippen molar-refractivity contribution < 1.29 is 19.7 Å². The molecule has 1 aliphatic heterocycles. The number of aldehydes is 1. The van der Waals surface area contributed by atoms with E-state index in [1.807, 2.05) is 13.8 Å². The van der Waals surface area contributed by atoms with Crippen molar-refractivity contribution >= 4 is 6.29 Å². The molecule has 34 heavy (non-hydrogen) atoms. The summed E-state index contributed by atoms with van der Waals surface area (Å²) in [6.07, 6.45) is 15.1. The van der Waals surface area contributed by atoms with Gasteiger partial charge in [0, 0.05) is 12.0 Å². The first kappa shape index (κ1) is 29.0. The van der Waals surface area contributed by atoms with Gasteiger partial charge in [-0.3, -0.25) is 4.79 Å². The van der Waals surface area contributed by atoms with Gasteiger partial charge >= 0.3 is 0 Å². The van der Waals surface area contributed by atoms with Gasteiger partial charge in [-0.25, -0.2) is 0 Å². The van der Waals surface area contributed by atoms with Gasteiger partial charge in [0.2, 0.25) is 0 Å². The molecule has 4 heteroatoms. The molecule has 0 aromatic carbocycles. The van der Waals surface area contributed by atoms with Crippen LogP contribution >= 0.6 is 0 Å². The number of aliphatic hydroxyl groups excluding tert-OH is 1. The Morgan fingerprint density at radius 3 is 2.24 bits per heavy atom. The lowest BCUT2D eigenvalue weighted by Gasteiger charge is -2.53. The molecule has 194 valence electrons. The summed E-state index contributed by atoms with van der Waals surface area (Å²) in [5, 5.41) is 20.9. The summed E-state index contributed by atoms with van der Waals surface area (Å²) in [5.74, 6) is 0.119. The first-order chi connectivity index (χ1) is 15.9. The number of hydrogen-bond donors (Lipinski definition) is 2. The SMILES string of the molecule is C/C(C=O)=C1\CC[C@](C)(O)[C@@](C)(CC/C=C(\C)CC/C=C(\C)CC[C@H]2OC2(C)C)[C@@H]1CCCO. The average molecular weight is 475 g/mol. The molecule has 4 atom stereocenters. The number of carbonyl (C=O) groups excluding carboxylic acids is 1. The summed E-state index contributed by atoms with van der Waals surface area (Å²) < 4.78 is 5.68. The minimum atomic E-state index is -0.790. The Morgan fingerprint density at radius 1 is 1.03 bits per heavy atom. The van der Waals surface area contributed by atoms with Gasteiger partial charge in [-0.15, -0.1) is 0 Å². The number of aliphatic hydroxyl groups is 2. The van der Waals surface area contributed by atoms with Gasteiger partial charge in [0.25, 0.3) is 0 Å². The minimum Gasteiger partial charge on any atom is -0.396 e. The highest BCUT2D eigenvalue weighted by Crippen LogP contribution is 2.55. The third-order valence-electron chi connectivity index (χ3n) is 8.79. The molecule has 2 rings (SSSR count). The highest BCUT2D eigenvalue weighted by atomic mass is 16.6. The second-order valence-electron chi connectivity index (χ2n) is 11.9. The third kappa shape index (κ3) is 7.38. The van der Waals surface area contributed by atoms with E-state index in [-0.39, 0.29) is 23.5 Å². The van der Waals surface area contributed by atoms with Crippen molar-refractivity contribution in [3.8, 4) is 0 Å². The van der Waals surface area contributed by atoms with Crippen LogP contribution in [0.3, 0.4) is 0 Å². The molecule has 0 unspecified atom stereocenters. The average Bonchev–Trinajstić information content (AvgIpc) is 3.39. The lowest BCUT2D eigenvalue weighted by Crippen LogP contribution is -2.52. The van der Waals surface area contributed by atoms with Crippen LogP contribution in [0, 0.1) is 11.3 Å². The lowest BCUT2D eigenvalue weighted by atomic mass is 9.54. The van der Waals surface area contributed by atoms with Crippen molar-refractivity contribution in [1.29, 1.82) is 0 Å². The molecular formula is C30H50O4. The number of rotatable bonds is 13. The molecule has 4 nitrogen and oxygen atoms in total. The normalized spacial score (nSPS) is 33.1. The maximum Gasteiger partial charge on any atom is 0.145 e. The third-order valence-corrected chi connectivity index (χ3v) is 8.79. The van der Waals surface area contributed by atoms with Crippen LogP contribution in [0.5, 0.6) is 0 Å². The molecule has 1 saturated carbocycles. The fourth-order valence-corrected chi connectivity index (χ4v) is 5.84. The van der Waals surface area contributed by atoms with E-state index in [9.17, 15) is 15.0 Å². The second kappa shape index (κ2) is 12.1. The predicted octanol–water partition coefficient (Wildman–Crippen LogP) is 6.85. The van der Waals surface area contributed by atoms with Crippen LogP contribution in [0.15, 0.2) is 34.4 Å². The highest BCUT2D eigenvalue weighted by molar-refractivity contribution is 5.74. The molecular weight excluding hydrogens is 424 g/mol. The highest BCUT2D eigenvalue weighted by Gasteiger charge is 2.52. The van der Waals surface area contributed by atoms with E-state index in [0.29, 0.717) is 18.9 Å². The topological polar surface area (TPSA) is 70.1 Å². The molecule has 0 bridgehead atoms. The zero-order valence-corrected chi connectivity index (χ0v) is 22.9. The van der Waals surface area contributed by atoms with Crippen molar-refractivity contribution in [2.75, 3.05) is 6.61 Å². The standard InChI is InChI=1S/C30H50O4/c1-22(11-8-12-23(2)15-16-27-28(4,5)34-27)13-9-18-29(6)26(14-10-20-31)25(24(3)21-32)17-19-30(29,7)33/h12-13,21,26-27,31,33H,8-11,14-20H2,1-7H3/b22-13+,23-12+,25-24-/t26-,27-,29+,30+/m1/s1. The van der Waals surface area contributed by atoms with Crippen LogP contribution < -0.4 is 0 Å². The molecule has 0 amide bonds. The number of epoxide rings is 1. The molecule has 1 aliphatic carbocycles. The molecule has 0 aromatic heterocycles. The maximum atomic E-state index is 11.6. The van der Waals surface area contributed by atoms with Crippen molar-refractivity contribution in [3.05, 3.63) is 34.4 Å². The number of hydrogen-bond acceptors (Lipinski definition) is 4. The number of ether oxygens (including phenoxy) is 1. The van der Waals surface area contributed by atoms with E-state index in [1.165, 1.54) is 16.7 Å². The summed E-state index contributed by atoms with van der Waals surface area (Å²) in [5.41, 5.74) is 3.78. The Labute approximate surface area is 208 Å². The zero-order valence-electron chi connectivity index (χ0n) is 22.9. The fraction of sp³-hybridized carbons (Fsp3) is 0.767. The molecule has 2 N–H and O–H groups in total. The van der Waals surface area contributed by atoms with Gasteiger partial charge in [0.15, 0.2) is 0 Å². The summed E-state index contributed by atoms with van der Waals surface area (Å²) in [6.45, 7) is 14.9. The largest absolute Gasteiger partial charge is 0.396 e. The number of allylic oxidation sites excluding steroid dienone is 6. The Kier molecular flexibility index (Phi) is 10.4. The number of carbonyl (C=O) groups is 1. The van der Waals surface area contributed by atoms with Crippen molar-refractivity contribution in [3.63, 3.8) is 0 Å². The Bertz CT molecular complexity index is 786. The van der Waals surface area contributed by atoms with Crippen LogP contribution in [0.1, 0.15) is 113 Å². The fourth-order valence-electron chi connectivity index (χ4n) is 5.84. The monoisotopic (exact) mass is 474 g/mol. The van der Waals surface area contributed by atoms with Gasteiger partial charge in [-0.2, -0.15) is 0 Å². The lowest BCUT2D eigenvalue weighted by molar-refractivity contribution is -0.115. The van der Waals surface area contributed by atoms with Gasteiger partial charge in [-0.05, 0) is 117 Å². The van der Waals surface area contributed by atoms with E-state index < -0.39 is 5.60 Å². The predicted molar refractivity (Wildman–Crippen MR) is 141 cm³/mol. The molecule has 2 aliphatic rings. The molecule has 0 spiro atoms. The molecule has 1 saturated heterocycles. The van der Waals surface area contributed by atoms with Gasteiger partial charge in [0.1, 0.15) is 6.29 Å². The van der Waals surface area contributed by atoms with E-state index in [2.05, 4.69) is 46.8 Å². The van der Waals surface area contributed by atoms with Crippen LogP contribution in [-0.4, -0.2) is 40.4 Å². The van der Waals surface area contributed by atoms with E-state index >= 15 is 0 Å². The van der Waals surface area contributed by atoms with Crippen LogP contribution in [0.4, 0.5) is 0 Å². The second-order valence-corrected chi connectivity index (χ2v) is 11.9. The van der Waals surface area contributed by atoms with Crippen molar-refractivity contribution in [1.82, 2.24) is 0 Å². The molecule has 0 radical (unpaired) electrons. The Balaban J connectivity index is 1.96.